The molecule has 0 aromatic rings. The van der Waals surface area contributed by atoms with Crippen molar-refractivity contribution in [3.05, 3.63) is 0 Å². The van der Waals surface area contributed by atoms with Gasteiger partial charge in [-0.05, 0) is 0 Å². The Balaban J connectivity index is 4.81. The lowest BCUT2D eigenvalue weighted by Gasteiger charge is -2.22. The van der Waals surface area contributed by atoms with Gasteiger partial charge in [-0.25, -0.2) is 9.59 Å². The molecule has 0 aromatic carbocycles. The monoisotopic (exact) mass is 292 g/mol. The number of ether oxygens (including phenoxy) is 2. The summed E-state index contributed by atoms with van der Waals surface area (Å²) in [6.45, 7) is -1.99. The van der Waals surface area contributed by atoms with Crippen molar-refractivity contribution in [3.8, 4) is 0 Å². The Bertz CT molecular complexity index is 365. The molecule has 3 N–H and O–H groups in total. The van der Waals surface area contributed by atoms with Crippen LogP contribution in [-0.4, -0.2) is 79.0 Å². The van der Waals surface area contributed by atoms with E-state index < -0.39 is 49.7 Å². The van der Waals surface area contributed by atoms with E-state index in [9.17, 15) is 19.2 Å². The smallest absolute Gasteiger partial charge is 0.328 e. The van der Waals surface area contributed by atoms with Crippen LogP contribution in [-0.2, 0) is 23.9 Å². The summed E-state index contributed by atoms with van der Waals surface area (Å²) in [5, 5.41) is 19.4. The first-order valence-corrected chi connectivity index (χ1v) is 5.38. The summed E-state index contributed by atoms with van der Waals surface area (Å²) in [6.07, 6.45) is 0. The van der Waals surface area contributed by atoms with Crippen LogP contribution >= 0.6 is 0 Å². The van der Waals surface area contributed by atoms with E-state index in [0.29, 0.717) is 4.90 Å². The van der Waals surface area contributed by atoms with Crippen LogP contribution in [0.3, 0.4) is 0 Å². The summed E-state index contributed by atoms with van der Waals surface area (Å²) in [5.41, 5.74) is 0. The molecule has 0 aliphatic carbocycles. The van der Waals surface area contributed by atoms with E-state index in [2.05, 4.69) is 9.47 Å². The predicted octanol–water partition coefficient (Wildman–Crippen LogP) is -2.21. The van der Waals surface area contributed by atoms with Crippen LogP contribution in [0.4, 0.5) is 4.79 Å². The van der Waals surface area contributed by atoms with Crippen LogP contribution in [0.5, 0.6) is 0 Å². The second kappa shape index (κ2) is 8.69. The number of urea groups is 1. The zero-order valence-electron chi connectivity index (χ0n) is 11.0. The van der Waals surface area contributed by atoms with Crippen molar-refractivity contribution in [2.45, 2.75) is 6.04 Å². The molecule has 1 atom stereocenters. The minimum atomic E-state index is -1.56. The number of carboxylic acid groups (broad SMARTS) is 1. The number of aliphatic hydroxyl groups excluding tert-OH is 1. The van der Waals surface area contributed by atoms with E-state index in [1.165, 1.54) is 0 Å². The molecule has 0 saturated heterocycles. The molecule has 0 aromatic heterocycles. The molecule has 1 unspecified atom stereocenters. The van der Waals surface area contributed by atoms with E-state index in [4.69, 9.17) is 10.2 Å². The van der Waals surface area contributed by atoms with Crippen LogP contribution in [0, 0.1) is 0 Å². The number of aliphatic carboxylic acids is 1. The lowest BCUT2D eigenvalue weighted by molar-refractivity contribution is -0.144. The standard InChI is InChI=1S/C10H16N2O8/c1-19-7(14)3-12(4-8(15)20-2)10(18)11-6(5-13)9(16)17/h6,13H,3-5H2,1-2H3,(H,11,18)(H,16,17). The van der Waals surface area contributed by atoms with Crippen molar-refractivity contribution in [1.82, 2.24) is 10.2 Å². The number of rotatable bonds is 7. The van der Waals surface area contributed by atoms with Crippen LogP contribution < -0.4 is 5.32 Å². The number of esters is 2. The van der Waals surface area contributed by atoms with Gasteiger partial charge in [0.25, 0.3) is 0 Å². The number of amides is 2. The van der Waals surface area contributed by atoms with Gasteiger partial charge in [-0.1, -0.05) is 0 Å². The summed E-state index contributed by atoms with van der Waals surface area (Å²) in [4.78, 5) is 45.4. The van der Waals surface area contributed by atoms with Gasteiger partial charge in [0.1, 0.15) is 13.1 Å². The summed E-state index contributed by atoms with van der Waals surface area (Å²) in [5.74, 6) is -3.07. The lowest BCUT2D eigenvalue weighted by atomic mass is 10.3. The van der Waals surface area contributed by atoms with Gasteiger partial charge in [0.05, 0.1) is 20.8 Å². The third-order valence-corrected chi connectivity index (χ3v) is 2.16. The van der Waals surface area contributed by atoms with Gasteiger partial charge in [0.2, 0.25) is 0 Å². The van der Waals surface area contributed by atoms with E-state index in [0.717, 1.165) is 14.2 Å². The number of carbonyl (C=O) groups excluding carboxylic acids is 3. The van der Waals surface area contributed by atoms with Crippen molar-refractivity contribution in [1.29, 1.82) is 0 Å². The Morgan fingerprint density at radius 3 is 1.85 bits per heavy atom. The fraction of sp³-hybridized carbons (Fsp3) is 0.600. The number of hydrogen-bond acceptors (Lipinski definition) is 7. The molecule has 10 heteroatoms. The maximum absolute atomic E-state index is 11.7. The van der Waals surface area contributed by atoms with E-state index >= 15 is 0 Å². The molecule has 0 bridgehead atoms. The zero-order chi connectivity index (χ0) is 15.7. The van der Waals surface area contributed by atoms with Crippen LogP contribution in [0.25, 0.3) is 0 Å². The average Bonchev–Trinajstić information content (AvgIpc) is 2.42. The topological polar surface area (TPSA) is 142 Å². The van der Waals surface area contributed by atoms with Gasteiger partial charge in [-0.15, -0.1) is 0 Å². The normalized spacial score (nSPS) is 11.2. The maximum atomic E-state index is 11.7. The highest BCUT2D eigenvalue weighted by atomic mass is 16.5. The number of nitrogens with zero attached hydrogens (tertiary/aromatic N) is 1. The first-order valence-electron chi connectivity index (χ1n) is 5.38. The SMILES string of the molecule is COC(=O)CN(CC(=O)OC)C(=O)NC(CO)C(=O)O. The van der Waals surface area contributed by atoms with Gasteiger partial charge in [0, 0.05) is 0 Å². The fourth-order valence-electron chi connectivity index (χ4n) is 1.07. The van der Waals surface area contributed by atoms with Crippen molar-refractivity contribution in [2.75, 3.05) is 33.9 Å². The summed E-state index contributed by atoms with van der Waals surface area (Å²) in [6, 6.07) is -2.58. The van der Waals surface area contributed by atoms with E-state index in [1.54, 1.807) is 0 Å². The zero-order valence-corrected chi connectivity index (χ0v) is 11.0. The van der Waals surface area contributed by atoms with Gasteiger partial charge >= 0.3 is 23.9 Å². The van der Waals surface area contributed by atoms with Gasteiger partial charge in [-0.3, -0.25) is 9.59 Å². The molecular formula is C10H16N2O8. The summed E-state index contributed by atoms with van der Waals surface area (Å²) >= 11 is 0. The third kappa shape index (κ3) is 6.00. The molecule has 10 nitrogen and oxygen atoms in total. The van der Waals surface area contributed by atoms with Crippen molar-refractivity contribution in [3.63, 3.8) is 0 Å². The average molecular weight is 292 g/mol. The second-order valence-electron chi connectivity index (χ2n) is 3.53. The first-order chi connectivity index (χ1) is 9.35. The van der Waals surface area contributed by atoms with Gasteiger partial charge in [0.15, 0.2) is 6.04 Å². The number of carboxylic acids is 1. The molecule has 0 saturated carbocycles. The Morgan fingerprint density at radius 1 is 1.10 bits per heavy atom. The summed E-state index contributed by atoms with van der Waals surface area (Å²) in [7, 11) is 2.18. The third-order valence-electron chi connectivity index (χ3n) is 2.16. The summed E-state index contributed by atoms with van der Waals surface area (Å²) < 4.78 is 8.69. The Kier molecular flexibility index (Phi) is 7.67. The fourth-order valence-corrected chi connectivity index (χ4v) is 1.07. The quantitative estimate of drug-likeness (QED) is 0.448. The highest BCUT2D eigenvalue weighted by Crippen LogP contribution is 1.95. The van der Waals surface area contributed by atoms with Crippen molar-refractivity contribution < 1.29 is 38.9 Å². The molecule has 0 fully saturated rings. The predicted molar refractivity (Wildman–Crippen MR) is 62.6 cm³/mol. The second-order valence-corrected chi connectivity index (χ2v) is 3.53. The molecule has 20 heavy (non-hydrogen) atoms. The molecule has 2 amide bonds. The van der Waals surface area contributed by atoms with Gasteiger partial charge in [-0.2, -0.15) is 0 Å². The molecule has 0 aliphatic heterocycles. The molecular weight excluding hydrogens is 276 g/mol. The molecule has 0 radical (unpaired) electrons. The largest absolute Gasteiger partial charge is 0.480 e. The number of hydrogen-bond donors (Lipinski definition) is 3. The van der Waals surface area contributed by atoms with Crippen molar-refractivity contribution in [2.24, 2.45) is 0 Å². The molecule has 0 spiro atoms. The Labute approximate surface area is 114 Å². The number of aliphatic hydroxyl groups is 1. The Morgan fingerprint density at radius 2 is 1.55 bits per heavy atom. The molecule has 0 aliphatic rings. The number of nitrogens with one attached hydrogen (secondary N) is 1. The van der Waals surface area contributed by atoms with Crippen molar-refractivity contribution >= 4 is 23.9 Å². The highest BCUT2D eigenvalue weighted by molar-refractivity contribution is 5.87. The van der Waals surface area contributed by atoms with Gasteiger partial charge < -0.3 is 29.9 Å². The van der Waals surface area contributed by atoms with Crippen LogP contribution in [0.15, 0.2) is 0 Å². The minimum absolute atomic E-state index is 0.574. The Hall–Kier alpha value is -2.36. The molecule has 0 rings (SSSR count). The lowest BCUT2D eigenvalue weighted by Crippen LogP contribution is -2.52. The maximum Gasteiger partial charge on any atom is 0.328 e. The van der Waals surface area contributed by atoms with Crippen LogP contribution in [0.1, 0.15) is 0 Å². The van der Waals surface area contributed by atoms with E-state index in [1.807, 2.05) is 5.32 Å². The number of carbonyl (C=O) groups is 4. The number of methoxy groups -OCH3 is 2. The first kappa shape index (κ1) is 17.6. The van der Waals surface area contributed by atoms with E-state index in [-0.39, 0.29) is 0 Å². The minimum Gasteiger partial charge on any atom is -0.480 e. The molecule has 0 heterocycles. The highest BCUT2D eigenvalue weighted by Gasteiger charge is 2.25. The van der Waals surface area contributed by atoms with Crippen LogP contribution in [0.2, 0.25) is 0 Å². The molecule has 114 valence electrons.